The van der Waals surface area contributed by atoms with Crippen LogP contribution in [0.4, 0.5) is 0 Å². The predicted octanol–water partition coefficient (Wildman–Crippen LogP) is 1.20. The molecular weight excluding hydrogens is 182 g/mol. The first-order valence-electron chi connectivity index (χ1n) is 4.91. The van der Waals surface area contributed by atoms with E-state index in [1.807, 2.05) is 6.92 Å². The first kappa shape index (κ1) is 9.61. The number of nitrogens with one attached hydrogen (secondary N) is 1. The van der Waals surface area contributed by atoms with Crippen molar-refractivity contribution in [2.45, 2.75) is 31.9 Å². The van der Waals surface area contributed by atoms with Gasteiger partial charge in [0.05, 0.1) is 6.04 Å². The zero-order chi connectivity index (χ0) is 9.97. The maximum atomic E-state index is 5.17. The molecule has 1 aliphatic rings. The van der Waals surface area contributed by atoms with Gasteiger partial charge in [-0.15, -0.1) is 0 Å². The molecule has 1 unspecified atom stereocenters. The van der Waals surface area contributed by atoms with Crippen LogP contribution in [-0.2, 0) is 4.74 Å². The molecule has 2 heterocycles. The highest BCUT2D eigenvalue weighted by molar-refractivity contribution is 4.96. The van der Waals surface area contributed by atoms with Crippen LogP contribution in [0.5, 0.6) is 0 Å². The lowest BCUT2D eigenvalue weighted by atomic mass is 10.2. The van der Waals surface area contributed by atoms with Crippen molar-refractivity contribution < 1.29 is 9.26 Å². The molecule has 1 saturated heterocycles. The van der Waals surface area contributed by atoms with E-state index in [1.165, 1.54) is 6.42 Å². The van der Waals surface area contributed by atoms with E-state index in [4.69, 9.17) is 9.26 Å². The van der Waals surface area contributed by atoms with E-state index in [9.17, 15) is 0 Å². The Labute approximate surface area is 82.8 Å². The Morgan fingerprint density at radius 1 is 1.64 bits per heavy atom. The topological polar surface area (TPSA) is 60.2 Å². The highest BCUT2D eigenvalue weighted by Crippen LogP contribution is 2.22. The average molecular weight is 197 g/mol. The van der Waals surface area contributed by atoms with Crippen molar-refractivity contribution in [2.24, 2.45) is 0 Å². The van der Waals surface area contributed by atoms with E-state index < -0.39 is 0 Å². The summed E-state index contributed by atoms with van der Waals surface area (Å²) < 4.78 is 10.3. The first-order valence-corrected chi connectivity index (χ1v) is 4.91. The maximum absolute atomic E-state index is 5.17. The highest BCUT2D eigenvalue weighted by atomic mass is 16.5. The smallest absolute Gasteiger partial charge is 0.243 e. The Morgan fingerprint density at radius 3 is 3.14 bits per heavy atom. The standard InChI is InChI=1S/C9H15N3O2/c1-6(13-2)8-11-9(14-12-8)7-4-3-5-10-7/h6-7,10H,3-5H2,1-2H3/t6?,7-/m0/s1. The number of hydrogen-bond donors (Lipinski definition) is 1. The molecule has 0 saturated carbocycles. The van der Waals surface area contributed by atoms with E-state index in [0.29, 0.717) is 11.7 Å². The van der Waals surface area contributed by atoms with Gasteiger partial charge in [0, 0.05) is 7.11 Å². The summed E-state index contributed by atoms with van der Waals surface area (Å²) in [6.07, 6.45) is 2.14. The lowest BCUT2D eigenvalue weighted by Crippen LogP contribution is -2.13. The van der Waals surface area contributed by atoms with Gasteiger partial charge in [-0.1, -0.05) is 5.16 Å². The molecule has 5 heteroatoms. The number of aromatic nitrogens is 2. The molecule has 1 fully saturated rings. The van der Waals surface area contributed by atoms with Crippen molar-refractivity contribution >= 4 is 0 Å². The molecule has 2 rings (SSSR count). The van der Waals surface area contributed by atoms with Crippen molar-refractivity contribution in [3.05, 3.63) is 11.7 Å². The largest absolute Gasteiger partial charge is 0.374 e. The molecular formula is C9H15N3O2. The van der Waals surface area contributed by atoms with E-state index in [1.54, 1.807) is 7.11 Å². The molecule has 2 atom stereocenters. The Bertz CT molecular complexity index is 294. The molecule has 78 valence electrons. The van der Waals surface area contributed by atoms with Gasteiger partial charge >= 0.3 is 0 Å². The fraction of sp³-hybridized carbons (Fsp3) is 0.778. The summed E-state index contributed by atoms with van der Waals surface area (Å²) in [6.45, 7) is 2.93. The van der Waals surface area contributed by atoms with Crippen molar-refractivity contribution in [3.8, 4) is 0 Å². The Balaban J connectivity index is 2.08. The van der Waals surface area contributed by atoms with Crippen LogP contribution < -0.4 is 5.32 Å². The van der Waals surface area contributed by atoms with E-state index in [0.717, 1.165) is 13.0 Å². The third kappa shape index (κ3) is 1.78. The lowest BCUT2D eigenvalue weighted by molar-refractivity contribution is 0.109. The second-order valence-electron chi connectivity index (χ2n) is 3.52. The van der Waals surface area contributed by atoms with Gasteiger partial charge < -0.3 is 14.6 Å². The normalized spacial score (nSPS) is 24.0. The molecule has 1 aromatic rings. The van der Waals surface area contributed by atoms with E-state index in [2.05, 4.69) is 15.5 Å². The van der Waals surface area contributed by atoms with Crippen molar-refractivity contribution in [1.29, 1.82) is 0 Å². The maximum Gasteiger partial charge on any atom is 0.243 e. The van der Waals surface area contributed by atoms with Crippen LogP contribution in [0.1, 0.15) is 43.6 Å². The fourth-order valence-electron chi connectivity index (χ4n) is 1.55. The number of nitrogens with zero attached hydrogens (tertiary/aromatic N) is 2. The average Bonchev–Trinajstić information content (AvgIpc) is 2.86. The van der Waals surface area contributed by atoms with E-state index in [-0.39, 0.29) is 12.1 Å². The van der Waals surface area contributed by atoms with Crippen LogP contribution in [-0.4, -0.2) is 23.8 Å². The van der Waals surface area contributed by atoms with Gasteiger partial charge in [-0.25, -0.2) is 0 Å². The molecule has 0 amide bonds. The molecule has 0 aliphatic carbocycles. The Kier molecular flexibility index (Phi) is 2.79. The second-order valence-corrected chi connectivity index (χ2v) is 3.52. The number of methoxy groups -OCH3 is 1. The fourth-order valence-corrected chi connectivity index (χ4v) is 1.55. The minimum absolute atomic E-state index is 0.103. The van der Waals surface area contributed by atoms with Crippen LogP contribution in [0.2, 0.25) is 0 Å². The molecule has 1 aliphatic heterocycles. The minimum atomic E-state index is -0.103. The van der Waals surface area contributed by atoms with Gasteiger partial charge in [-0.2, -0.15) is 4.98 Å². The highest BCUT2D eigenvalue weighted by Gasteiger charge is 2.23. The molecule has 0 bridgehead atoms. The number of ether oxygens (including phenoxy) is 1. The third-order valence-electron chi connectivity index (χ3n) is 2.53. The first-order chi connectivity index (χ1) is 6.81. The van der Waals surface area contributed by atoms with Crippen LogP contribution in [0.25, 0.3) is 0 Å². The zero-order valence-corrected chi connectivity index (χ0v) is 8.49. The summed E-state index contributed by atoms with van der Waals surface area (Å²) in [5.74, 6) is 1.30. The van der Waals surface area contributed by atoms with Crippen LogP contribution >= 0.6 is 0 Å². The summed E-state index contributed by atoms with van der Waals surface area (Å²) in [6, 6.07) is 0.236. The second kappa shape index (κ2) is 4.06. The van der Waals surface area contributed by atoms with Crippen molar-refractivity contribution in [2.75, 3.05) is 13.7 Å². The molecule has 0 spiro atoms. The number of hydrogen-bond acceptors (Lipinski definition) is 5. The Hall–Kier alpha value is -0.940. The van der Waals surface area contributed by atoms with Crippen LogP contribution in [0.15, 0.2) is 4.52 Å². The number of rotatable bonds is 3. The van der Waals surface area contributed by atoms with E-state index >= 15 is 0 Å². The SMILES string of the molecule is COC(C)c1noc([C@@H]2CCCN2)n1. The summed E-state index contributed by atoms with van der Waals surface area (Å²) in [7, 11) is 1.63. The summed E-state index contributed by atoms with van der Waals surface area (Å²) in [4.78, 5) is 4.30. The van der Waals surface area contributed by atoms with Crippen molar-refractivity contribution in [1.82, 2.24) is 15.5 Å². The van der Waals surface area contributed by atoms with Gasteiger partial charge in [-0.3, -0.25) is 0 Å². The zero-order valence-electron chi connectivity index (χ0n) is 8.49. The minimum Gasteiger partial charge on any atom is -0.374 e. The summed E-state index contributed by atoms with van der Waals surface area (Å²) in [5, 5.41) is 7.19. The monoisotopic (exact) mass is 197 g/mol. The molecule has 1 aromatic heterocycles. The van der Waals surface area contributed by atoms with Gasteiger partial charge in [-0.05, 0) is 26.3 Å². The predicted molar refractivity (Wildman–Crippen MR) is 49.7 cm³/mol. The Morgan fingerprint density at radius 2 is 2.50 bits per heavy atom. The van der Waals surface area contributed by atoms with Gasteiger partial charge in [0.25, 0.3) is 0 Å². The van der Waals surface area contributed by atoms with Crippen LogP contribution in [0.3, 0.4) is 0 Å². The van der Waals surface area contributed by atoms with Gasteiger partial charge in [0.1, 0.15) is 6.10 Å². The summed E-state index contributed by atoms with van der Waals surface area (Å²) in [5.41, 5.74) is 0. The lowest BCUT2D eigenvalue weighted by Gasteiger charge is -2.03. The van der Waals surface area contributed by atoms with Crippen molar-refractivity contribution in [3.63, 3.8) is 0 Å². The summed E-state index contributed by atoms with van der Waals surface area (Å²) >= 11 is 0. The quantitative estimate of drug-likeness (QED) is 0.789. The third-order valence-corrected chi connectivity index (χ3v) is 2.53. The van der Waals surface area contributed by atoms with Gasteiger partial charge in [0.15, 0.2) is 5.82 Å². The van der Waals surface area contributed by atoms with Gasteiger partial charge in [0.2, 0.25) is 5.89 Å². The van der Waals surface area contributed by atoms with Crippen LogP contribution in [0, 0.1) is 0 Å². The molecule has 14 heavy (non-hydrogen) atoms. The molecule has 5 nitrogen and oxygen atoms in total. The molecule has 0 radical (unpaired) electrons. The molecule has 1 N–H and O–H groups in total. The molecule has 0 aromatic carbocycles.